The number of aromatic nitrogens is 3. The summed E-state index contributed by atoms with van der Waals surface area (Å²) < 4.78 is 6.23. The van der Waals surface area contributed by atoms with Crippen LogP contribution in [0.4, 0.5) is 5.95 Å². The summed E-state index contributed by atoms with van der Waals surface area (Å²) in [5.74, 6) is -0.122. The normalized spacial score (nSPS) is 12.6. The summed E-state index contributed by atoms with van der Waals surface area (Å²) in [6.45, 7) is 1.69. The van der Waals surface area contributed by atoms with Crippen LogP contribution in [0.2, 0.25) is 0 Å². The van der Waals surface area contributed by atoms with Crippen molar-refractivity contribution in [3.63, 3.8) is 0 Å². The molecule has 0 amide bonds. The van der Waals surface area contributed by atoms with Crippen LogP contribution in [0.1, 0.15) is 13.0 Å². The summed E-state index contributed by atoms with van der Waals surface area (Å²) >= 11 is 0. The van der Waals surface area contributed by atoms with Crippen LogP contribution in [0, 0.1) is 0 Å². The number of hydrogen-bond donors (Lipinski definition) is 1. The van der Waals surface area contributed by atoms with Crippen LogP contribution in [0.25, 0.3) is 11.2 Å². The lowest BCUT2D eigenvalue weighted by Gasteiger charge is -2.12. The summed E-state index contributed by atoms with van der Waals surface area (Å²) in [6, 6.07) is 3.02. The number of methoxy groups -OCH3 is 1. The highest BCUT2D eigenvalue weighted by atomic mass is 16.5. The molecule has 16 heavy (non-hydrogen) atoms. The molecule has 2 heterocycles. The first kappa shape index (κ1) is 10.4. The number of ether oxygens (including phenoxy) is 1. The maximum absolute atomic E-state index is 11.5. The van der Waals surface area contributed by atoms with Crippen molar-refractivity contribution >= 4 is 23.1 Å². The molecule has 0 aromatic carbocycles. The van der Waals surface area contributed by atoms with Gasteiger partial charge in [-0.15, -0.1) is 0 Å². The molecular weight excluding hydrogens is 208 g/mol. The quantitative estimate of drug-likeness (QED) is 0.755. The number of anilines is 1. The minimum Gasteiger partial charge on any atom is -0.467 e. The zero-order valence-corrected chi connectivity index (χ0v) is 9.04. The Morgan fingerprint density at radius 3 is 3.06 bits per heavy atom. The highest BCUT2D eigenvalue weighted by Crippen LogP contribution is 2.21. The van der Waals surface area contributed by atoms with Crippen molar-refractivity contribution in [2.75, 3.05) is 12.8 Å². The lowest BCUT2D eigenvalue weighted by Crippen LogP contribution is -2.19. The fourth-order valence-corrected chi connectivity index (χ4v) is 1.60. The predicted molar refractivity (Wildman–Crippen MR) is 58.7 cm³/mol. The van der Waals surface area contributed by atoms with Gasteiger partial charge in [0.1, 0.15) is 11.6 Å². The molecule has 1 unspecified atom stereocenters. The predicted octanol–water partition coefficient (Wildman–Crippen LogP) is 0.747. The number of fused-ring (bicyclic) bond motifs is 1. The van der Waals surface area contributed by atoms with E-state index in [1.165, 1.54) is 7.11 Å². The monoisotopic (exact) mass is 220 g/mol. The number of carbonyl (C=O) groups is 1. The molecule has 2 aromatic heterocycles. The topological polar surface area (TPSA) is 83.0 Å². The molecule has 2 rings (SSSR count). The first-order valence-electron chi connectivity index (χ1n) is 4.81. The standard InChI is InChI=1S/C10H12N4O2/c1-6(9(15)16-2)14-8-7(13-10(14)11)4-3-5-12-8/h3-6H,1-2H3,(H2,11,13). The van der Waals surface area contributed by atoms with Crippen LogP contribution in [0.3, 0.4) is 0 Å². The summed E-state index contributed by atoms with van der Waals surface area (Å²) in [6.07, 6.45) is 1.63. The van der Waals surface area contributed by atoms with Crippen molar-refractivity contribution in [3.05, 3.63) is 18.3 Å². The van der Waals surface area contributed by atoms with E-state index in [1.54, 1.807) is 29.8 Å². The molecule has 0 aliphatic carbocycles. The van der Waals surface area contributed by atoms with Gasteiger partial charge >= 0.3 is 5.97 Å². The first-order chi connectivity index (χ1) is 7.65. The molecule has 0 radical (unpaired) electrons. The second-order valence-electron chi connectivity index (χ2n) is 3.39. The Hall–Kier alpha value is -2.11. The summed E-state index contributed by atoms with van der Waals surface area (Å²) in [7, 11) is 1.33. The maximum atomic E-state index is 11.5. The first-order valence-corrected chi connectivity index (χ1v) is 4.81. The Labute approximate surface area is 92.0 Å². The summed E-state index contributed by atoms with van der Waals surface area (Å²) in [5, 5.41) is 0. The van der Waals surface area contributed by atoms with E-state index in [0.29, 0.717) is 11.2 Å². The second kappa shape index (κ2) is 3.80. The number of esters is 1. The number of nitrogen functional groups attached to an aromatic ring is 1. The van der Waals surface area contributed by atoms with Crippen molar-refractivity contribution in [3.8, 4) is 0 Å². The molecule has 0 aliphatic heterocycles. The van der Waals surface area contributed by atoms with Crippen LogP contribution < -0.4 is 5.73 Å². The number of pyridine rings is 1. The number of nitrogens with two attached hydrogens (primary N) is 1. The van der Waals surface area contributed by atoms with E-state index in [9.17, 15) is 4.79 Å². The Balaban J connectivity index is 2.59. The van der Waals surface area contributed by atoms with E-state index in [4.69, 9.17) is 5.73 Å². The SMILES string of the molecule is COC(=O)C(C)n1c(N)nc2cccnc21. The third-order valence-corrected chi connectivity index (χ3v) is 2.41. The van der Waals surface area contributed by atoms with Gasteiger partial charge in [-0.3, -0.25) is 4.57 Å². The Kier molecular flexibility index (Phi) is 2.47. The Morgan fingerprint density at radius 1 is 1.62 bits per heavy atom. The molecule has 2 aromatic rings. The molecule has 0 fully saturated rings. The average Bonchev–Trinajstić information content (AvgIpc) is 2.63. The minimum atomic E-state index is -0.537. The Morgan fingerprint density at radius 2 is 2.38 bits per heavy atom. The highest BCUT2D eigenvalue weighted by Gasteiger charge is 2.21. The fraction of sp³-hybridized carbons (Fsp3) is 0.300. The fourth-order valence-electron chi connectivity index (χ4n) is 1.60. The number of rotatable bonds is 2. The minimum absolute atomic E-state index is 0.256. The van der Waals surface area contributed by atoms with E-state index in [0.717, 1.165) is 0 Å². The molecule has 0 aliphatic rings. The lowest BCUT2D eigenvalue weighted by molar-refractivity contribution is -0.143. The van der Waals surface area contributed by atoms with Crippen molar-refractivity contribution < 1.29 is 9.53 Å². The molecule has 2 N–H and O–H groups in total. The maximum Gasteiger partial charge on any atom is 0.328 e. The van der Waals surface area contributed by atoms with Crippen LogP contribution in [0.5, 0.6) is 0 Å². The smallest absolute Gasteiger partial charge is 0.328 e. The van der Waals surface area contributed by atoms with Gasteiger partial charge in [0.05, 0.1) is 7.11 Å². The van der Waals surface area contributed by atoms with Gasteiger partial charge in [0.25, 0.3) is 0 Å². The van der Waals surface area contributed by atoms with Crippen LogP contribution in [-0.4, -0.2) is 27.6 Å². The van der Waals surface area contributed by atoms with Crippen LogP contribution >= 0.6 is 0 Å². The van der Waals surface area contributed by atoms with Gasteiger partial charge in [0.2, 0.25) is 5.95 Å². The third kappa shape index (κ3) is 1.48. The number of imidazole rings is 1. The molecule has 1 atom stereocenters. The molecule has 6 heteroatoms. The third-order valence-electron chi connectivity index (χ3n) is 2.41. The van der Waals surface area contributed by atoms with Gasteiger partial charge in [-0.05, 0) is 19.1 Å². The lowest BCUT2D eigenvalue weighted by atomic mass is 10.3. The Bertz CT molecular complexity index is 535. The van der Waals surface area contributed by atoms with Crippen LogP contribution in [-0.2, 0) is 9.53 Å². The van der Waals surface area contributed by atoms with Crippen molar-refractivity contribution in [1.29, 1.82) is 0 Å². The average molecular weight is 220 g/mol. The number of nitrogens with zero attached hydrogens (tertiary/aromatic N) is 3. The van der Waals surface area contributed by atoms with E-state index in [1.807, 2.05) is 0 Å². The van der Waals surface area contributed by atoms with Crippen LogP contribution in [0.15, 0.2) is 18.3 Å². The van der Waals surface area contributed by atoms with Crippen molar-refractivity contribution in [2.24, 2.45) is 0 Å². The molecular formula is C10H12N4O2. The van der Waals surface area contributed by atoms with Gasteiger partial charge in [0.15, 0.2) is 5.65 Å². The van der Waals surface area contributed by atoms with Gasteiger partial charge in [-0.2, -0.15) is 0 Å². The van der Waals surface area contributed by atoms with E-state index < -0.39 is 6.04 Å². The largest absolute Gasteiger partial charge is 0.467 e. The summed E-state index contributed by atoms with van der Waals surface area (Å²) in [4.78, 5) is 19.7. The van der Waals surface area contributed by atoms with E-state index in [2.05, 4.69) is 14.7 Å². The van der Waals surface area contributed by atoms with Crippen molar-refractivity contribution in [1.82, 2.24) is 14.5 Å². The van der Waals surface area contributed by atoms with Crippen molar-refractivity contribution in [2.45, 2.75) is 13.0 Å². The molecule has 6 nitrogen and oxygen atoms in total. The van der Waals surface area contributed by atoms with E-state index >= 15 is 0 Å². The zero-order valence-electron chi connectivity index (χ0n) is 9.04. The van der Waals surface area contributed by atoms with Gasteiger partial charge in [-0.1, -0.05) is 0 Å². The number of carbonyl (C=O) groups excluding carboxylic acids is 1. The zero-order chi connectivity index (χ0) is 11.7. The number of hydrogen-bond acceptors (Lipinski definition) is 5. The van der Waals surface area contributed by atoms with Gasteiger partial charge in [0, 0.05) is 6.20 Å². The molecule has 0 saturated carbocycles. The molecule has 0 saturated heterocycles. The highest BCUT2D eigenvalue weighted by molar-refractivity contribution is 5.80. The molecule has 0 spiro atoms. The van der Waals surface area contributed by atoms with Gasteiger partial charge in [-0.25, -0.2) is 14.8 Å². The van der Waals surface area contributed by atoms with E-state index in [-0.39, 0.29) is 11.9 Å². The van der Waals surface area contributed by atoms with Gasteiger partial charge < -0.3 is 10.5 Å². The molecule has 0 bridgehead atoms. The summed E-state index contributed by atoms with van der Waals surface area (Å²) in [5.41, 5.74) is 6.99. The molecule has 84 valence electrons. The second-order valence-corrected chi connectivity index (χ2v) is 3.39.